The lowest BCUT2D eigenvalue weighted by Gasteiger charge is -2.10. The SMILES string of the molecule is CCCCCCCCCCCCCCCc1cc(C)cc(C)[n+]1C(C)O. The van der Waals surface area contributed by atoms with Crippen LogP contribution >= 0.6 is 0 Å². The smallest absolute Gasteiger partial charge is 0.257 e. The number of rotatable bonds is 15. The van der Waals surface area contributed by atoms with E-state index in [-0.39, 0.29) is 0 Å². The highest BCUT2D eigenvalue weighted by Gasteiger charge is 2.19. The molecule has 0 aliphatic rings. The van der Waals surface area contributed by atoms with Gasteiger partial charge in [0.25, 0.3) is 6.23 Å². The molecule has 0 amide bonds. The standard InChI is InChI=1S/C24H44NO/c1-5-6-7-8-9-10-11-12-13-14-15-16-17-18-24-20-21(2)19-22(3)25(24)23(4)26/h19-20,23,26H,5-18H2,1-4H3/q+1. The fraction of sp³-hybridized carbons (Fsp3) is 0.792. The van der Waals surface area contributed by atoms with Gasteiger partial charge in [-0.15, -0.1) is 0 Å². The molecule has 0 aliphatic heterocycles. The van der Waals surface area contributed by atoms with Crippen molar-refractivity contribution in [3.63, 3.8) is 0 Å². The Labute approximate surface area is 163 Å². The summed E-state index contributed by atoms with van der Waals surface area (Å²) in [6.45, 7) is 8.38. The van der Waals surface area contributed by atoms with Gasteiger partial charge in [0.15, 0.2) is 11.4 Å². The first-order valence-corrected chi connectivity index (χ1v) is 11.3. The van der Waals surface area contributed by atoms with Crippen molar-refractivity contribution in [3.8, 4) is 0 Å². The van der Waals surface area contributed by atoms with Gasteiger partial charge >= 0.3 is 0 Å². The van der Waals surface area contributed by atoms with E-state index in [1.165, 1.54) is 94.7 Å². The molecular formula is C24H44NO+. The molecule has 0 radical (unpaired) electrons. The molecule has 0 aromatic carbocycles. The van der Waals surface area contributed by atoms with Crippen LogP contribution in [0, 0.1) is 13.8 Å². The van der Waals surface area contributed by atoms with Crippen molar-refractivity contribution in [3.05, 3.63) is 29.1 Å². The number of aromatic nitrogens is 1. The Morgan fingerprint density at radius 1 is 0.769 bits per heavy atom. The lowest BCUT2D eigenvalue weighted by atomic mass is 10.0. The first kappa shape index (κ1) is 23.1. The second-order valence-corrected chi connectivity index (χ2v) is 8.16. The molecular weight excluding hydrogens is 318 g/mol. The third kappa shape index (κ3) is 9.71. The predicted molar refractivity (Wildman–Crippen MR) is 112 cm³/mol. The number of aliphatic hydroxyl groups excluding tert-OH is 1. The Hall–Kier alpha value is -0.890. The molecule has 150 valence electrons. The molecule has 1 unspecified atom stereocenters. The zero-order valence-corrected chi connectivity index (χ0v) is 18.0. The number of hydrogen-bond acceptors (Lipinski definition) is 1. The van der Waals surface area contributed by atoms with Crippen molar-refractivity contribution < 1.29 is 9.67 Å². The van der Waals surface area contributed by atoms with E-state index in [0.717, 1.165) is 12.1 Å². The highest BCUT2D eigenvalue weighted by Crippen LogP contribution is 2.14. The minimum absolute atomic E-state index is 0.437. The van der Waals surface area contributed by atoms with Crippen LogP contribution in [0.4, 0.5) is 0 Å². The molecule has 1 atom stereocenters. The van der Waals surface area contributed by atoms with Crippen molar-refractivity contribution in [2.45, 2.75) is 124 Å². The number of nitrogens with zero attached hydrogens (tertiary/aromatic N) is 1. The summed E-state index contributed by atoms with van der Waals surface area (Å²) in [5, 5.41) is 10.0. The molecule has 2 nitrogen and oxygen atoms in total. The van der Waals surface area contributed by atoms with Crippen molar-refractivity contribution in [2.24, 2.45) is 0 Å². The quantitative estimate of drug-likeness (QED) is 0.271. The summed E-state index contributed by atoms with van der Waals surface area (Å²) in [4.78, 5) is 0. The van der Waals surface area contributed by atoms with E-state index in [4.69, 9.17) is 0 Å². The van der Waals surface area contributed by atoms with Gasteiger partial charge in [0.05, 0.1) is 0 Å². The third-order valence-electron chi connectivity index (χ3n) is 5.43. The van der Waals surface area contributed by atoms with E-state index in [9.17, 15) is 5.11 Å². The number of aryl methyl sites for hydroxylation is 3. The lowest BCUT2D eigenvalue weighted by Crippen LogP contribution is -2.45. The first-order valence-electron chi connectivity index (χ1n) is 11.3. The molecule has 1 rings (SSSR count). The van der Waals surface area contributed by atoms with Gasteiger partial charge in [-0.1, -0.05) is 84.0 Å². The Bertz CT molecular complexity index is 481. The summed E-state index contributed by atoms with van der Waals surface area (Å²) in [6.07, 6.45) is 18.7. The predicted octanol–water partition coefficient (Wildman–Crippen LogP) is 6.74. The maximum Gasteiger partial charge on any atom is 0.257 e. The first-order chi connectivity index (χ1) is 12.6. The highest BCUT2D eigenvalue weighted by atomic mass is 16.3. The summed E-state index contributed by atoms with van der Waals surface area (Å²) < 4.78 is 2.08. The summed E-state index contributed by atoms with van der Waals surface area (Å²) >= 11 is 0. The summed E-state index contributed by atoms with van der Waals surface area (Å²) in [5.41, 5.74) is 3.73. The van der Waals surface area contributed by atoms with Crippen LogP contribution in [0.2, 0.25) is 0 Å². The van der Waals surface area contributed by atoms with Crippen molar-refractivity contribution >= 4 is 0 Å². The molecule has 1 aromatic rings. The molecule has 1 aromatic heterocycles. The van der Waals surface area contributed by atoms with E-state index in [2.05, 4.69) is 37.5 Å². The number of hydrogen-bond donors (Lipinski definition) is 1. The number of pyridine rings is 1. The molecule has 26 heavy (non-hydrogen) atoms. The van der Waals surface area contributed by atoms with E-state index < -0.39 is 6.23 Å². The van der Waals surface area contributed by atoms with E-state index in [1.54, 1.807) is 0 Å². The Kier molecular flexibility index (Phi) is 12.6. The molecule has 2 heteroatoms. The van der Waals surface area contributed by atoms with Crippen molar-refractivity contribution in [2.75, 3.05) is 0 Å². The minimum Gasteiger partial charge on any atom is -0.337 e. The van der Waals surface area contributed by atoms with Gasteiger partial charge in [0.2, 0.25) is 0 Å². The highest BCUT2D eigenvalue weighted by molar-refractivity contribution is 5.14. The van der Waals surface area contributed by atoms with Crippen LogP contribution in [0.1, 0.15) is 120 Å². The van der Waals surface area contributed by atoms with Crippen LogP contribution in [0.15, 0.2) is 12.1 Å². The zero-order chi connectivity index (χ0) is 19.2. The second-order valence-electron chi connectivity index (χ2n) is 8.16. The Morgan fingerprint density at radius 3 is 1.69 bits per heavy atom. The van der Waals surface area contributed by atoms with Gasteiger partial charge in [0.1, 0.15) is 0 Å². The molecule has 0 aliphatic carbocycles. The van der Waals surface area contributed by atoms with Gasteiger partial charge < -0.3 is 5.11 Å². The van der Waals surface area contributed by atoms with Crippen LogP contribution in [-0.2, 0) is 6.42 Å². The van der Waals surface area contributed by atoms with Gasteiger partial charge in [-0.05, 0) is 18.9 Å². The van der Waals surface area contributed by atoms with Crippen LogP contribution in [0.25, 0.3) is 0 Å². The normalized spacial score (nSPS) is 12.5. The minimum atomic E-state index is -0.437. The van der Waals surface area contributed by atoms with Gasteiger partial charge in [0, 0.05) is 32.4 Å². The maximum atomic E-state index is 10.0. The fourth-order valence-corrected chi connectivity index (χ4v) is 4.05. The molecule has 0 bridgehead atoms. The monoisotopic (exact) mass is 362 g/mol. The van der Waals surface area contributed by atoms with Crippen LogP contribution < -0.4 is 4.57 Å². The Balaban J connectivity index is 2.08. The summed E-state index contributed by atoms with van der Waals surface area (Å²) in [6, 6.07) is 4.39. The molecule has 1 N–H and O–H groups in total. The van der Waals surface area contributed by atoms with Crippen molar-refractivity contribution in [1.82, 2.24) is 0 Å². The molecule has 0 fully saturated rings. The van der Waals surface area contributed by atoms with E-state index >= 15 is 0 Å². The summed E-state index contributed by atoms with van der Waals surface area (Å²) in [5.74, 6) is 0. The molecule has 0 saturated heterocycles. The Morgan fingerprint density at radius 2 is 1.23 bits per heavy atom. The lowest BCUT2D eigenvalue weighted by molar-refractivity contribution is -0.766. The van der Waals surface area contributed by atoms with Gasteiger partial charge in [-0.2, -0.15) is 4.57 Å². The largest absolute Gasteiger partial charge is 0.337 e. The average Bonchev–Trinajstić information content (AvgIpc) is 2.58. The average molecular weight is 363 g/mol. The number of aliphatic hydroxyl groups is 1. The van der Waals surface area contributed by atoms with Gasteiger partial charge in [-0.25, -0.2) is 0 Å². The van der Waals surface area contributed by atoms with Crippen LogP contribution in [0.5, 0.6) is 0 Å². The fourth-order valence-electron chi connectivity index (χ4n) is 4.05. The van der Waals surface area contributed by atoms with Crippen molar-refractivity contribution in [1.29, 1.82) is 0 Å². The second kappa shape index (κ2) is 14.2. The summed E-state index contributed by atoms with van der Waals surface area (Å²) in [7, 11) is 0. The zero-order valence-electron chi connectivity index (χ0n) is 18.0. The van der Waals surface area contributed by atoms with E-state index in [1.807, 2.05) is 6.92 Å². The van der Waals surface area contributed by atoms with Gasteiger partial charge in [-0.3, -0.25) is 0 Å². The third-order valence-corrected chi connectivity index (χ3v) is 5.43. The molecule has 1 heterocycles. The topological polar surface area (TPSA) is 24.1 Å². The van der Waals surface area contributed by atoms with E-state index in [0.29, 0.717) is 0 Å². The number of unbranched alkanes of at least 4 members (excludes halogenated alkanes) is 12. The molecule has 0 saturated carbocycles. The molecule has 0 spiro atoms. The van der Waals surface area contributed by atoms with Crippen LogP contribution in [0.3, 0.4) is 0 Å². The maximum absolute atomic E-state index is 10.0. The van der Waals surface area contributed by atoms with Crippen LogP contribution in [-0.4, -0.2) is 5.11 Å².